The normalized spacial score (nSPS) is 19.6. The molecule has 0 saturated carbocycles. The Balaban J connectivity index is 1.49. The van der Waals surface area contributed by atoms with Gasteiger partial charge in [-0.25, -0.2) is 4.68 Å². The highest BCUT2D eigenvalue weighted by atomic mass is 16.2. The molecule has 2 aliphatic rings. The van der Waals surface area contributed by atoms with E-state index in [9.17, 15) is 9.59 Å². The van der Waals surface area contributed by atoms with Gasteiger partial charge in [0.2, 0.25) is 11.8 Å². The van der Waals surface area contributed by atoms with Crippen LogP contribution in [-0.2, 0) is 9.59 Å². The summed E-state index contributed by atoms with van der Waals surface area (Å²) in [5, 5.41) is 7.42. The van der Waals surface area contributed by atoms with Crippen LogP contribution in [0.15, 0.2) is 12.3 Å². The number of carbonyl (C=O) groups is 2. The van der Waals surface area contributed by atoms with Crippen molar-refractivity contribution in [1.82, 2.24) is 19.6 Å². The smallest absolute Gasteiger partial charge is 0.236 e. The van der Waals surface area contributed by atoms with Crippen molar-refractivity contribution < 1.29 is 9.59 Å². The first-order valence-electron chi connectivity index (χ1n) is 10.9. The van der Waals surface area contributed by atoms with Crippen molar-refractivity contribution in [1.29, 1.82) is 0 Å². The number of nitrogens with zero attached hydrogens (tertiary/aromatic N) is 4. The molecule has 2 fully saturated rings. The first-order valence-corrected chi connectivity index (χ1v) is 10.9. The maximum absolute atomic E-state index is 12.7. The Bertz CT molecular complexity index is 641. The van der Waals surface area contributed by atoms with Gasteiger partial charge in [-0.2, -0.15) is 5.10 Å². The van der Waals surface area contributed by atoms with E-state index in [1.165, 1.54) is 25.7 Å². The molecule has 0 radical (unpaired) electrons. The van der Waals surface area contributed by atoms with Crippen molar-refractivity contribution in [3.8, 4) is 0 Å². The van der Waals surface area contributed by atoms with E-state index in [-0.39, 0.29) is 17.9 Å². The van der Waals surface area contributed by atoms with Crippen LogP contribution < -0.4 is 5.32 Å². The van der Waals surface area contributed by atoms with Gasteiger partial charge in [-0.3, -0.25) is 14.5 Å². The number of hydrogen-bond donors (Lipinski definition) is 1. The van der Waals surface area contributed by atoms with Gasteiger partial charge in [-0.1, -0.05) is 26.7 Å². The third kappa shape index (κ3) is 5.80. The Morgan fingerprint density at radius 3 is 2.43 bits per heavy atom. The molecule has 156 valence electrons. The van der Waals surface area contributed by atoms with Crippen LogP contribution in [0, 0.1) is 5.92 Å². The fourth-order valence-electron chi connectivity index (χ4n) is 4.21. The fourth-order valence-corrected chi connectivity index (χ4v) is 4.21. The number of amides is 2. The molecule has 1 aromatic heterocycles. The zero-order valence-electron chi connectivity index (χ0n) is 17.4. The molecule has 7 nitrogen and oxygen atoms in total. The molecule has 0 atom stereocenters. The minimum atomic E-state index is 0.0295. The second-order valence-corrected chi connectivity index (χ2v) is 8.61. The first-order chi connectivity index (χ1) is 13.5. The minimum Gasteiger partial charge on any atom is -0.341 e. The number of aromatic nitrogens is 2. The van der Waals surface area contributed by atoms with Crippen LogP contribution in [0.25, 0.3) is 0 Å². The lowest BCUT2D eigenvalue weighted by molar-refractivity contribution is -0.133. The van der Waals surface area contributed by atoms with Gasteiger partial charge in [0.1, 0.15) is 5.82 Å². The molecule has 2 amide bonds. The molecular formula is C21H35N5O2. The second kappa shape index (κ2) is 10.0. The van der Waals surface area contributed by atoms with E-state index < -0.39 is 0 Å². The van der Waals surface area contributed by atoms with Crippen LogP contribution in [0.5, 0.6) is 0 Å². The van der Waals surface area contributed by atoms with Gasteiger partial charge in [-0.15, -0.1) is 0 Å². The summed E-state index contributed by atoms with van der Waals surface area (Å²) in [5.74, 6) is 1.38. The van der Waals surface area contributed by atoms with Gasteiger partial charge < -0.3 is 10.2 Å². The summed E-state index contributed by atoms with van der Waals surface area (Å²) in [6.07, 6.45) is 8.99. The highest BCUT2D eigenvalue weighted by Gasteiger charge is 2.26. The Morgan fingerprint density at radius 2 is 1.79 bits per heavy atom. The van der Waals surface area contributed by atoms with Gasteiger partial charge in [0.05, 0.1) is 18.8 Å². The van der Waals surface area contributed by atoms with E-state index in [1.807, 2.05) is 29.5 Å². The maximum atomic E-state index is 12.7. The SMILES string of the molecule is CC(C)CC(=O)Nc1ccnn1C1CCN(C(=O)CN2CCCCCC2)CC1. The van der Waals surface area contributed by atoms with E-state index in [4.69, 9.17) is 0 Å². The number of carbonyl (C=O) groups excluding carboxylic acids is 2. The van der Waals surface area contributed by atoms with Crippen molar-refractivity contribution in [2.75, 3.05) is 38.0 Å². The van der Waals surface area contributed by atoms with Crippen LogP contribution in [0.3, 0.4) is 0 Å². The third-order valence-electron chi connectivity index (χ3n) is 5.75. The quantitative estimate of drug-likeness (QED) is 0.812. The third-order valence-corrected chi connectivity index (χ3v) is 5.75. The van der Waals surface area contributed by atoms with E-state index in [0.29, 0.717) is 18.9 Å². The monoisotopic (exact) mass is 389 g/mol. The molecule has 1 N–H and O–H groups in total. The molecule has 28 heavy (non-hydrogen) atoms. The molecule has 3 rings (SSSR count). The maximum Gasteiger partial charge on any atom is 0.236 e. The summed E-state index contributed by atoms with van der Waals surface area (Å²) in [5.41, 5.74) is 0. The zero-order valence-corrected chi connectivity index (χ0v) is 17.4. The van der Waals surface area contributed by atoms with Gasteiger partial charge in [0.15, 0.2) is 0 Å². The molecule has 0 bridgehead atoms. The van der Waals surface area contributed by atoms with Crippen LogP contribution in [-0.4, -0.2) is 64.1 Å². The van der Waals surface area contributed by atoms with Crippen molar-refractivity contribution in [3.63, 3.8) is 0 Å². The molecule has 1 aromatic rings. The van der Waals surface area contributed by atoms with Gasteiger partial charge in [-0.05, 0) is 44.7 Å². The summed E-state index contributed by atoms with van der Waals surface area (Å²) in [7, 11) is 0. The highest BCUT2D eigenvalue weighted by Crippen LogP contribution is 2.26. The number of hydrogen-bond acceptors (Lipinski definition) is 4. The van der Waals surface area contributed by atoms with Crippen LogP contribution in [0.1, 0.15) is 64.8 Å². The Hall–Kier alpha value is -1.89. The Morgan fingerprint density at radius 1 is 1.11 bits per heavy atom. The summed E-state index contributed by atoms with van der Waals surface area (Å²) >= 11 is 0. The van der Waals surface area contributed by atoms with Gasteiger partial charge >= 0.3 is 0 Å². The second-order valence-electron chi connectivity index (χ2n) is 8.61. The molecule has 2 aliphatic heterocycles. The molecule has 0 aliphatic carbocycles. The first kappa shape index (κ1) is 20.8. The number of anilines is 1. The standard InChI is InChI=1S/C21H35N5O2/c1-17(2)15-20(27)23-19-7-10-22-26(19)18-8-13-25(14-9-18)21(28)16-24-11-5-3-4-6-12-24/h7,10,17-18H,3-6,8-9,11-16H2,1-2H3,(H,23,27). The number of piperidine rings is 1. The number of nitrogens with one attached hydrogen (secondary N) is 1. The number of likely N-dealkylation sites (tertiary alicyclic amines) is 2. The molecule has 7 heteroatoms. The van der Waals surface area contributed by atoms with E-state index in [0.717, 1.165) is 44.8 Å². The number of rotatable bonds is 6. The summed E-state index contributed by atoms with van der Waals surface area (Å²) < 4.78 is 1.93. The minimum absolute atomic E-state index is 0.0295. The molecule has 0 aromatic carbocycles. The van der Waals surface area contributed by atoms with E-state index in [2.05, 4.69) is 15.3 Å². The lowest BCUT2D eigenvalue weighted by Gasteiger charge is -2.34. The summed E-state index contributed by atoms with van der Waals surface area (Å²) in [6.45, 7) is 8.25. The van der Waals surface area contributed by atoms with Crippen LogP contribution in [0.2, 0.25) is 0 Å². The summed E-state index contributed by atoms with van der Waals surface area (Å²) in [4.78, 5) is 29.1. The lowest BCUT2D eigenvalue weighted by atomic mass is 10.0. The van der Waals surface area contributed by atoms with E-state index >= 15 is 0 Å². The van der Waals surface area contributed by atoms with Crippen molar-refractivity contribution in [2.24, 2.45) is 5.92 Å². The van der Waals surface area contributed by atoms with Gasteiger partial charge in [0, 0.05) is 25.6 Å². The predicted octanol–water partition coefficient (Wildman–Crippen LogP) is 2.91. The van der Waals surface area contributed by atoms with Gasteiger partial charge in [0.25, 0.3) is 0 Å². The van der Waals surface area contributed by atoms with E-state index in [1.54, 1.807) is 6.20 Å². The largest absolute Gasteiger partial charge is 0.341 e. The molecule has 0 spiro atoms. The molecule has 3 heterocycles. The van der Waals surface area contributed by atoms with Crippen molar-refractivity contribution in [2.45, 2.75) is 64.8 Å². The topological polar surface area (TPSA) is 70.5 Å². The van der Waals surface area contributed by atoms with Crippen molar-refractivity contribution >= 4 is 17.6 Å². The average molecular weight is 390 g/mol. The Labute approximate surface area is 168 Å². The summed E-state index contributed by atoms with van der Waals surface area (Å²) in [6, 6.07) is 2.08. The van der Waals surface area contributed by atoms with Crippen LogP contribution >= 0.6 is 0 Å². The van der Waals surface area contributed by atoms with Crippen LogP contribution in [0.4, 0.5) is 5.82 Å². The van der Waals surface area contributed by atoms with Crippen molar-refractivity contribution in [3.05, 3.63) is 12.3 Å². The average Bonchev–Trinajstić information content (AvgIpc) is 2.95. The highest BCUT2D eigenvalue weighted by molar-refractivity contribution is 5.89. The molecular weight excluding hydrogens is 354 g/mol. The zero-order chi connectivity index (χ0) is 19.9. The molecule has 0 unspecified atom stereocenters. The predicted molar refractivity (Wildman–Crippen MR) is 110 cm³/mol. The Kier molecular flexibility index (Phi) is 7.48. The lowest BCUT2D eigenvalue weighted by Crippen LogP contribution is -2.44. The fraction of sp³-hybridized carbons (Fsp3) is 0.762. The molecule has 2 saturated heterocycles.